The van der Waals surface area contributed by atoms with Crippen molar-refractivity contribution in [3.8, 4) is 11.4 Å². The first-order valence-corrected chi connectivity index (χ1v) is 9.71. The van der Waals surface area contributed by atoms with Gasteiger partial charge in [-0.05, 0) is 25.1 Å². The van der Waals surface area contributed by atoms with Crippen molar-refractivity contribution in [2.45, 2.75) is 18.6 Å². The minimum absolute atomic E-state index is 0.0880. The number of hydrogen-bond donors (Lipinski definition) is 0. The second-order valence-corrected chi connectivity index (χ2v) is 7.24. The average molecular weight is 401 g/mol. The molecule has 1 aromatic carbocycles. The summed E-state index contributed by atoms with van der Waals surface area (Å²) in [5.74, 6) is 1.09. The second-order valence-electron chi connectivity index (χ2n) is 5.46. The number of aromatic nitrogens is 3. The van der Waals surface area contributed by atoms with E-state index >= 15 is 0 Å². The van der Waals surface area contributed by atoms with Crippen LogP contribution < -0.4 is 0 Å². The predicted octanol–water partition coefficient (Wildman–Crippen LogP) is 3.22. The molecule has 0 spiro atoms. The Morgan fingerprint density at radius 1 is 1.28 bits per heavy atom. The number of ether oxygens (including phenoxy) is 1. The van der Waals surface area contributed by atoms with Crippen molar-refractivity contribution >= 4 is 40.9 Å². The lowest BCUT2D eigenvalue weighted by Gasteiger charge is -2.26. The van der Waals surface area contributed by atoms with Crippen LogP contribution in [-0.4, -0.2) is 57.6 Å². The molecule has 1 fully saturated rings. The molecule has 2 aromatic rings. The van der Waals surface area contributed by atoms with Crippen molar-refractivity contribution in [2.75, 3.05) is 32.1 Å². The molecule has 0 bridgehead atoms. The lowest BCUT2D eigenvalue weighted by molar-refractivity contribution is -0.132. The number of halogens is 2. The molecule has 1 aliphatic rings. The van der Waals surface area contributed by atoms with Gasteiger partial charge in [-0.1, -0.05) is 35.0 Å². The highest BCUT2D eigenvalue weighted by Crippen LogP contribution is 2.31. The van der Waals surface area contributed by atoms with E-state index in [-0.39, 0.29) is 5.91 Å². The van der Waals surface area contributed by atoms with Gasteiger partial charge < -0.3 is 14.2 Å². The molecule has 0 aliphatic carbocycles. The van der Waals surface area contributed by atoms with Crippen LogP contribution in [0, 0.1) is 0 Å². The number of hydrogen-bond acceptors (Lipinski definition) is 5. The van der Waals surface area contributed by atoms with E-state index in [1.807, 2.05) is 22.5 Å². The third kappa shape index (κ3) is 4.28. The maximum Gasteiger partial charge on any atom is 0.233 e. The highest BCUT2D eigenvalue weighted by molar-refractivity contribution is 7.99. The Morgan fingerprint density at radius 3 is 2.72 bits per heavy atom. The monoisotopic (exact) mass is 400 g/mol. The van der Waals surface area contributed by atoms with Crippen LogP contribution >= 0.6 is 35.0 Å². The standard InChI is InChI=1S/C16H18Cl2N4O2S/c1-2-22-15(12-4-3-11(17)9-13(12)18)19-20-16(22)25-10-14(23)21-5-7-24-8-6-21/h3-4,9H,2,5-8,10H2,1H3. The van der Waals surface area contributed by atoms with Crippen LogP contribution in [-0.2, 0) is 16.1 Å². The van der Waals surface area contributed by atoms with E-state index in [1.54, 1.807) is 12.1 Å². The Hall–Kier alpha value is -1.28. The summed E-state index contributed by atoms with van der Waals surface area (Å²) in [6.45, 7) is 5.17. The zero-order chi connectivity index (χ0) is 17.8. The molecule has 3 rings (SSSR count). The van der Waals surface area contributed by atoms with Gasteiger partial charge in [0.15, 0.2) is 11.0 Å². The highest BCUT2D eigenvalue weighted by atomic mass is 35.5. The van der Waals surface area contributed by atoms with Gasteiger partial charge in [-0.25, -0.2) is 0 Å². The molecule has 1 saturated heterocycles. The fourth-order valence-electron chi connectivity index (χ4n) is 2.58. The topological polar surface area (TPSA) is 60.2 Å². The van der Waals surface area contributed by atoms with Gasteiger partial charge in [0.25, 0.3) is 0 Å². The van der Waals surface area contributed by atoms with Crippen LogP contribution in [0.5, 0.6) is 0 Å². The van der Waals surface area contributed by atoms with Crippen LogP contribution in [0.2, 0.25) is 10.0 Å². The Kier molecular flexibility index (Phi) is 6.22. The Labute approximate surface area is 160 Å². The zero-order valence-electron chi connectivity index (χ0n) is 13.7. The summed E-state index contributed by atoms with van der Waals surface area (Å²) in [5, 5.41) is 10.3. The minimum Gasteiger partial charge on any atom is -0.378 e. The number of amides is 1. The summed E-state index contributed by atoms with van der Waals surface area (Å²) in [5.41, 5.74) is 0.770. The number of morpholine rings is 1. The fraction of sp³-hybridized carbons (Fsp3) is 0.438. The smallest absolute Gasteiger partial charge is 0.233 e. The molecular formula is C16H18Cl2N4O2S. The highest BCUT2D eigenvalue weighted by Gasteiger charge is 2.20. The molecule has 1 amide bonds. The number of thioether (sulfide) groups is 1. The number of rotatable bonds is 5. The molecule has 1 aromatic heterocycles. The van der Waals surface area contributed by atoms with Gasteiger partial charge in [0, 0.05) is 30.2 Å². The summed E-state index contributed by atoms with van der Waals surface area (Å²) in [4.78, 5) is 14.1. The number of carbonyl (C=O) groups is 1. The molecule has 25 heavy (non-hydrogen) atoms. The van der Waals surface area contributed by atoms with Gasteiger partial charge in [-0.15, -0.1) is 10.2 Å². The van der Waals surface area contributed by atoms with Crippen LogP contribution in [0.3, 0.4) is 0 Å². The van der Waals surface area contributed by atoms with Crippen LogP contribution in [0.25, 0.3) is 11.4 Å². The number of benzene rings is 1. The first-order valence-electron chi connectivity index (χ1n) is 7.97. The van der Waals surface area contributed by atoms with E-state index in [0.717, 1.165) is 5.56 Å². The molecule has 0 atom stereocenters. The third-order valence-corrected chi connectivity index (χ3v) is 5.39. The molecule has 0 unspecified atom stereocenters. The summed E-state index contributed by atoms with van der Waals surface area (Å²) in [7, 11) is 0. The van der Waals surface area contributed by atoms with E-state index in [4.69, 9.17) is 27.9 Å². The predicted molar refractivity (Wildman–Crippen MR) is 99.3 cm³/mol. The molecular weight excluding hydrogens is 383 g/mol. The maximum absolute atomic E-state index is 12.3. The summed E-state index contributed by atoms with van der Waals surface area (Å²) >= 11 is 13.6. The first kappa shape index (κ1) is 18.5. The fourth-order valence-corrected chi connectivity index (χ4v) is 3.98. The summed E-state index contributed by atoms with van der Waals surface area (Å²) < 4.78 is 7.22. The van der Waals surface area contributed by atoms with Crippen molar-refractivity contribution < 1.29 is 9.53 Å². The van der Waals surface area contributed by atoms with Gasteiger partial charge in [0.05, 0.1) is 24.0 Å². The van der Waals surface area contributed by atoms with Crippen molar-refractivity contribution in [2.24, 2.45) is 0 Å². The van der Waals surface area contributed by atoms with Crippen LogP contribution in [0.4, 0.5) is 0 Å². The van der Waals surface area contributed by atoms with Crippen molar-refractivity contribution in [1.82, 2.24) is 19.7 Å². The van der Waals surface area contributed by atoms with Crippen LogP contribution in [0.15, 0.2) is 23.4 Å². The van der Waals surface area contributed by atoms with Gasteiger partial charge in [0.2, 0.25) is 5.91 Å². The number of nitrogens with zero attached hydrogens (tertiary/aromatic N) is 4. The molecule has 1 aliphatic heterocycles. The molecule has 0 N–H and O–H groups in total. The second kappa shape index (κ2) is 8.40. The lowest BCUT2D eigenvalue weighted by atomic mass is 10.2. The quantitative estimate of drug-likeness (QED) is 0.720. The van der Waals surface area contributed by atoms with Gasteiger partial charge >= 0.3 is 0 Å². The Balaban J connectivity index is 1.74. The zero-order valence-corrected chi connectivity index (χ0v) is 16.1. The van der Waals surface area contributed by atoms with Crippen molar-refractivity contribution in [3.63, 3.8) is 0 Å². The molecule has 134 valence electrons. The SMILES string of the molecule is CCn1c(SCC(=O)N2CCOCC2)nnc1-c1ccc(Cl)cc1Cl. The van der Waals surface area contributed by atoms with E-state index in [9.17, 15) is 4.79 Å². The van der Waals surface area contributed by atoms with E-state index in [1.165, 1.54) is 11.8 Å². The third-order valence-electron chi connectivity index (χ3n) is 3.89. The Morgan fingerprint density at radius 2 is 2.04 bits per heavy atom. The van der Waals surface area contributed by atoms with Crippen LogP contribution in [0.1, 0.15) is 6.92 Å². The van der Waals surface area contributed by atoms with Gasteiger partial charge in [-0.2, -0.15) is 0 Å². The Bertz CT molecular complexity index is 763. The van der Waals surface area contributed by atoms with Gasteiger partial charge in [0.1, 0.15) is 0 Å². The number of carbonyl (C=O) groups excluding carboxylic acids is 1. The summed E-state index contributed by atoms with van der Waals surface area (Å²) in [6, 6.07) is 5.28. The lowest BCUT2D eigenvalue weighted by Crippen LogP contribution is -2.41. The molecule has 2 heterocycles. The first-order chi connectivity index (χ1) is 12.1. The van der Waals surface area contributed by atoms with E-state index < -0.39 is 0 Å². The molecule has 6 nitrogen and oxygen atoms in total. The van der Waals surface area contributed by atoms with E-state index in [0.29, 0.717) is 59.6 Å². The van der Waals surface area contributed by atoms with E-state index in [2.05, 4.69) is 10.2 Å². The largest absolute Gasteiger partial charge is 0.378 e. The molecule has 0 saturated carbocycles. The van der Waals surface area contributed by atoms with Gasteiger partial charge in [-0.3, -0.25) is 4.79 Å². The average Bonchev–Trinajstić information content (AvgIpc) is 3.03. The van der Waals surface area contributed by atoms with Crippen molar-refractivity contribution in [1.29, 1.82) is 0 Å². The molecule has 9 heteroatoms. The van der Waals surface area contributed by atoms with Crippen molar-refractivity contribution in [3.05, 3.63) is 28.2 Å². The maximum atomic E-state index is 12.3. The summed E-state index contributed by atoms with van der Waals surface area (Å²) in [6.07, 6.45) is 0. The minimum atomic E-state index is 0.0880. The molecule has 0 radical (unpaired) electrons. The normalized spacial score (nSPS) is 14.8.